The van der Waals surface area contributed by atoms with Crippen LogP contribution in [0.25, 0.3) is 10.9 Å². The third-order valence-corrected chi connectivity index (χ3v) is 7.61. The summed E-state index contributed by atoms with van der Waals surface area (Å²) in [5.41, 5.74) is 0.763. The van der Waals surface area contributed by atoms with Crippen molar-refractivity contribution in [2.75, 3.05) is 38.7 Å². The average molecular weight is 579 g/mol. The molecule has 41 heavy (non-hydrogen) atoms. The van der Waals surface area contributed by atoms with Gasteiger partial charge >= 0.3 is 6.03 Å². The molecule has 0 atom stereocenters. The monoisotopic (exact) mass is 578 g/mol. The van der Waals surface area contributed by atoms with E-state index in [9.17, 15) is 9.90 Å². The van der Waals surface area contributed by atoms with Crippen LogP contribution in [0.2, 0.25) is 0 Å². The number of hydrogen-bond acceptors (Lipinski definition) is 9. The lowest BCUT2D eigenvalue weighted by atomic mass is 9.93. The number of rotatable bonds is 9. The number of hydrogen-bond donors (Lipinski definition) is 4. The molecule has 2 aromatic carbocycles. The number of piperidine rings is 1. The van der Waals surface area contributed by atoms with E-state index in [4.69, 9.17) is 14.9 Å². The molecule has 0 spiro atoms. The highest BCUT2D eigenvalue weighted by Crippen LogP contribution is 2.37. The lowest BCUT2D eigenvalue weighted by molar-refractivity contribution is 0.181. The van der Waals surface area contributed by atoms with Gasteiger partial charge in [-0.3, -0.25) is 15.6 Å². The first-order chi connectivity index (χ1) is 19.6. The van der Waals surface area contributed by atoms with Crippen molar-refractivity contribution in [1.82, 2.24) is 20.2 Å². The molecule has 2 amide bonds. The molecule has 11 heteroatoms. The second-order valence-electron chi connectivity index (χ2n) is 10.9. The number of benzene rings is 2. The van der Waals surface area contributed by atoms with Gasteiger partial charge in [-0.2, -0.15) is 0 Å². The van der Waals surface area contributed by atoms with Crippen LogP contribution in [0.15, 0.2) is 64.5 Å². The van der Waals surface area contributed by atoms with Crippen molar-refractivity contribution in [1.29, 1.82) is 5.41 Å². The number of carbonyl (C=O) groups excluding carboxylic acids is 1. The number of aliphatic hydroxyl groups excluding tert-OH is 1. The highest BCUT2D eigenvalue weighted by atomic mass is 32.2. The molecule has 4 N–H and O–H groups in total. The van der Waals surface area contributed by atoms with Crippen LogP contribution >= 0.6 is 11.8 Å². The fraction of sp³-hybridized carbons (Fsp3) is 0.400. The van der Waals surface area contributed by atoms with E-state index in [1.807, 2.05) is 51.1 Å². The molecular weight excluding hydrogens is 540 g/mol. The maximum Gasteiger partial charge on any atom is 0.324 e. The molecule has 10 nitrogen and oxygen atoms in total. The number of aliphatic hydroxyl groups is 1. The number of carbonyl (C=O) groups is 1. The molecule has 0 bridgehead atoms. The number of likely N-dealkylation sites (tertiary alicyclic amines) is 1. The Balaban J connectivity index is 1.45. The molecule has 1 aromatic heterocycles. The number of aromatic nitrogens is 2. The molecule has 0 unspecified atom stereocenters. The first kappa shape index (κ1) is 30.1. The van der Waals surface area contributed by atoms with Gasteiger partial charge < -0.3 is 19.9 Å². The van der Waals surface area contributed by atoms with Gasteiger partial charge in [-0.1, -0.05) is 45.0 Å². The third kappa shape index (κ3) is 8.58. The van der Waals surface area contributed by atoms with E-state index in [1.54, 1.807) is 13.2 Å². The predicted octanol–water partition coefficient (Wildman–Crippen LogP) is 6.24. The standard InChI is InChI=1S/C30H38N6O4S/c1-30(2,3)26(37)18-27(31)35-29(38)34-20-9-8-10-21(15-20)41-28-22-16-25(24(39-4)17-23(22)32-19-33-28)40-14-13-36-11-6-5-7-12-36/h8-10,15-19,37H,5-7,11-14H2,1-4H3,(H3,31,34,35,38)/b26-18-. The number of methoxy groups -OCH3 is 1. The summed E-state index contributed by atoms with van der Waals surface area (Å²) in [4.78, 5) is 24.7. The van der Waals surface area contributed by atoms with Crippen LogP contribution < -0.4 is 20.1 Å². The summed E-state index contributed by atoms with van der Waals surface area (Å²) in [5, 5.41) is 24.8. The third-order valence-electron chi connectivity index (χ3n) is 6.60. The number of fused-ring (bicyclic) bond motifs is 1. The molecule has 218 valence electrons. The highest BCUT2D eigenvalue weighted by Gasteiger charge is 2.17. The second-order valence-corrected chi connectivity index (χ2v) is 11.9. The number of nitrogens with zero attached hydrogens (tertiary/aromatic N) is 3. The number of allylic oxidation sites excluding steroid dienone is 1. The number of anilines is 1. The molecule has 1 aliphatic heterocycles. The summed E-state index contributed by atoms with van der Waals surface area (Å²) in [6.45, 7) is 9.11. The van der Waals surface area contributed by atoms with E-state index in [2.05, 4.69) is 25.5 Å². The zero-order valence-electron chi connectivity index (χ0n) is 24.0. The average Bonchev–Trinajstić information content (AvgIpc) is 2.93. The fourth-order valence-corrected chi connectivity index (χ4v) is 5.21. The van der Waals surface area contributed by atoms with Gasteiger partial charge in [0.1, 0.15) is 29.6 Å². The van der Waals surface area contributed by atoms with Crippen LogP contribution in [0.4, 0.5) is 10.5 Å². The second kappa shape index (κ2) is 13.7. The SMILES string of the molecule is COc1cc2ncnc(Sc3cccc(NC(=O)NC(=N)/C=C(\O)C(C)(C)C)c3)c2cc1OCCN1CCCCC1. The summed E-state index contributed by atoms with van der Waals surface area (Å²) < 4.78 is 11.7. The van der Waals surface area contributed by atoms with E-state index >= 15 is 0 Å². The molecule has 0 radical (unpaired) electrons. The van der Waals surface area contributed by atoms with E-state index in [-0.39, 0.29) is 11.6 Å². The molecule has 1 aliphatic rings. The van der Waals surface area contributed by atoms with Crippen molar-refractivity contribution < 1.29 is 19.4 Å². The Labute approximate surface area is 245 Å². The number of nitrogens with one attached hydrogen (secondary N) is 3. The summed E-state index contributed by atoms with van der Waals surface area (Å²) in [6, 6.07) is 10.5. The molecular formula is C30H38N6O4S. The van der Waals surface area contributed by atoms with Gasteiger partial charge in [-0.15, -0.1) is 0 Å². The predicted molar refractivity (Wildman–Crippen MR) is 162 cm³/mol. The summed E-state index contributed by atoms with van der Waals surface area (Å²) in [5.74, 6) is 1.07. The van der Waals surface area contributed by atoms with Crippen molar-refractivity contribution >= 4 is 40.2 Å². The van der Waals surface area contributed by atoms with E-state index < -0.39 is 11.4 Å². The molecule has 0 saturated carbocycles. The van der Waals surface area contributed by atoms with Crippen LogP contribution in [-0.2, 0) is 0 Å². The van der Waals surface area contributed by atoms with E-state index in [0.29, 0.717) is 23.8 Å². The fourth-order valence-electron chi connectivity index (χ4n) is 4.28. The molecule has 3 aromatic rings. The van der Waals surface area contributed by atoms with Gasteiger partial charge in [0.2, 0.25) is 0 Å². The van der Waals surface area contributed by atoms with Gasteiger partial charge in [-0.05, 0) is 50.2 Å². The van der Waals surface area contributed by atoms with Crippen LogP contribution in [-0.4, -0.2) is 65.2 Å². The highest BCUT2D eigenvalue weighted by molar-refractivity contribution is 7.99. The van der Waals surface area contributed by atoms with Crippen LogP contribution in [0.1, 0.15) is 40.0 Å². The van der Waals surface area contributed by atoms with Crippen molar-refractivity contribution in [2.45, 2.75) is 50.0 Å². The topological polar surface area (TPSA) is 133 Å². The van der Waals surface area contributed by atoms with Crippen LogP contribution in [0.5, 0.6) is 11.5 Å². The Morgan fingerprint density at radius 1 is 1.15 bits per heavy atom. The van der Waals surface area contributed by atoms with Crippen LogP contribution in [0.3, 0.4) is 0 Å². The first-order valence-corrected chi connectivity index (χ1v) is 14.5. The summed E-state index contributed by atoms with van der Waals surface area (Å²) in [7, 11) is 1.62. The zero-order valence-corrected chi connectivity index (χ0v) is 24.8. The Bertz CT molecular complexity index is 1420. The quantitative estimate of drug-likeness (QED) is 0.102. The Hall–Kier alpha value is -3.83. The van der Waals surface area contributed by atoms with Gasteiger partial charge in [0.05, 0.1) is 12.6 Å². The minimum atomic E-state index is -0.582. The van der Waals surface area contributed by atoms with Crippen molar-refractivity contribution in [3.8, 4) is 11.5 Å². The molecule has 4 rings (SSSR count). The Morgan fingerprint density at radius 3 is 2.66 bits per heavy atom. The zero-order chi connectivity index (χ0) is 29.4. The summed E-state index contributed by atoms with van der Waals surface area (Å²) >= 11 is 1.44. The smallest absolute Gasteiger partial charge is 0.324 e. The molecule has 0 aliphatic carbocycles. The first-order valence-electron chi connectivity index (χ1n) is 13.7. The normalized spacial score (nSPS) is 14.5. The number of amidine groups is 1. The number of amides is 2. The van der Waals surface area contributed by atoms with Crippen molar-refractivity contribution in [2.24, 2.45) is 5.41 Å². The number of urea groups is 1. The largest absolute Gasteiger partial charge is 0.512 e. The van der Waals surface area contributed by atoms with Gasteiger partial charge in [0, 0.05) is 40.1 Å². The maximum absolute atomic E-state index is 12.5. The lowest BCUT2D eigenvalue weighted by Crippen LogP contribution is -2.33. The van der Waals surface area contributed by atoms with Crippen LogP contribution in [0, 0.1) is 10.8 Å². The van der Waals surface area contributed by atoms with E-state index in [1.165, 1.54) is 43.4 Å². The maximum atomic E-state index is 12.5. The molecule has 1 fully saturated rings. The van der Waals surface area contributed by atoms with Gasteiger partial charge in [-0.25, -0.2) is 14.8 Å². The Morgan fingerprint density at radius 2 is 1.93 bits per heavy atom. The number of ether oxygens (including phenoxy) is 2. The van der Waals surface area contributed by atoms with E-state index in [0.717, 1.165) is 40.5 Å². The Kier molecular flexibility index (Phi) is 10.1. The van der Waals surface area contributed by atoms with Gasteiger partial charge in [0.15, 0.2) is 11.5 Å². The van der Waals surface area contributed by atoms with Crippen molar-refractivity contribution in [3.63, 3.8) is 0 Å². The summed E-state index contributed by atoms with van der Waals surface area (Å²) in [6.07, 6.45) is 6.52. The van der Waals surface area contributed by atoms with Crippen molar-refractivity contribution in [3.05, 3.63) is 54.6 Å². The lowest BCUT2D eigenvalue weighted by Gasteiger charge is -2.26. The molecule has 2 heterocycles. The minimum absolute atomic E-state index is 0.00597. The van der Waals surface area contributed by atoms with Gasteiger partial charge in [0.25, 0.3) is 0 Å². The molecule has 1 saturated heterocycles. The minimum Gasteiger partial charge on any atom is -0.512 e.